The highest BCUT2D eigenvalue weighted by atomic mass is 35.5. The lowest BCUT2D eigenvalue weighted by Crippen LogP contribution is -2.04. The van der Waals surface area contributed by atoms with Crippen molar-refractivity contribution >= 4 is 29.1 Å². The van der Waals surface area contributed by atoms with Gasteiger partial charge in [-0.2, -0.15) is 4.98 Å². The summed E-state index contributed by atoms with van der Waals surface area (Å²) in [5.41, 5.74) is 3.09. The average molecular weight is 289 g/mol. The SMILES string of the molecule is CNc1nc(Nc2c(C)cccc2Cl)cc(C2CC2)n1. The maximum atomic E-state index is 6.25. The van der Waals surface area contributed by atoms with Crippen LogP contribution in [0.2, 0.25) is 5.02 Å². The van der Waals surface area contributed by atoms with Gasteiger partial charge >= 0.3 is 0 Å². The Bertz CT molecular complexity index is 618. The summed E-state index contributed by atoms with van der Waals surface area (Å²) < 4.78 is 0. The molecule has 1 fully saturated rings. The van der Waals surface area contributed by atoms with Gasteiger partial charge in [0.25, 0.3) is 0 Å². The van der Waals surface area contributed by atoms with E-state index in [2.05, 4.69) is 20.6 Å². The van der Waals surface area contributed by atoms with Crippen LogP contribution in [-0.2, 0) is 0 Å². The predicted octanol–water partition coefficient (Wildman–Crippen LogP) is 4.10. The molecule has 2 aromatic rings. The van der Waals surface area contributed by atoms with Crippen molar-refractivity contribution < 1.29 is 0 Å². The summed E-state index contributed by atoms with van der Waals surface area (Å²) in [5, 5.41) is 7.02. The summed E-state index contributed by atoms with van der Waals surface area (Å²) >= 11 is 6.25. The molecule has 104 valence electrons. The molecule has 0 unspecified atom stereocenters. The predicted molar refractivity (Wildman–Crippen MR) is 83.0 cm³/mol. The number of anilines is 3. The van der Waals surface area contributed by atoms with Crippen LogP contribution in [0.15, 0.2) is 24.3 Å². The number of rotatable bonds is 4. The van der Waals surface area contributed by atoms with Crippen LogP contribution in [0.25, 0.3) is 0 Å². The second kappa shape index (κ2) is 5.29. The van der Waals surface area contributed by atoms with Crippen molar-refractivity contribution in [3.05, 3.63) is 40.5 Å². The number of para-hydroxylation sites is 1. The molecule has 0 radical (unpaired) electrons. The van der Waals surface area contributed by atoms with E-state index in [1.54, 1.807) is 0 Å². The second-order valence-electron chi connectivity index (χ2n) is 5.08. The monoisotopic (exact) mass is 288 g/mol. The molecule has 2 N–H and O–H groups in total. The van der Waals surface area contributed by atoms with Gasteiger partial charge in [0.15, 0.2) is 0 Å². The van der Waals surface area contributed by atoms with Gasteiger partial charge < -0.3 is 10.6 Å². The molecule has 20 heavy (non-hydrogen) atoms. The molecule has 1 aliphatic rings. The Morgan fingerprint density at radius 2 is 2.05 bits per heavy atom. The average Bonchev–Trinajstić information content (AvgIpc) is 3.27. The Balaban J connectivity index is 1.95. The van der Waals surface area contributed by atoms with E-state index in [0.717, 1.165) is 22.8 Å². The number of aromatic nitrogens is 2. The molecule has 1 heterocycles. The van der Waals surface area contributed by atoms with E-state index in [4.69, 9.17) is 11.6 Å². The fourth-order valence-corrected chi connectivity index (χ4v) is 2.42. The minimum Gasteiger partial charge on any atom is -0.357 e. The molecule has 0 atom stereocenters. The number of hydrogen-bond acceptors (Lipinski definition) is 4. The Morgan fingerprint density at radius 3 is 2.70 bits per heavy atom. The number of aryl methyl sites for hydroxylation is 1. The van der Waals surface area contributed by atoms with Crippen LogP contribution in [-0.4, -0.2) is 17.0 Å². The smallest absolute Gasteiger partial charge is 0.224 e. The molecular weight excluding hydrogens is 272 g/mol. The third-order valence-electron chi connectivity index (χ3n) is 3.44. The topological polar surface area (TPSA) is 49.8 Å². The first kappa shape index (κ1) is 13.2. The third kappa shape index (κ3) is 2.70. The van der Waals surface area contributed by atoms with Crippen LogP contribution in [0.5, 0.6) is 0 Å². The van der Waals surface area contributed by atoms with Gasteiger partial charge in [0, 0.05) is 19.0 Å². The van der Waals surface area contributed by atoms with Crippen LogP contribution < -0.4 is 10.6 Å². The second-order valence-corrected chi connectivity index (χ2v) is 5.49. The normalized spacial score (nSPS) is 14.2. The standard InChI is InChI=1S/C15H17ClN4/c1-9-4-3-5-11(16)14(9)19-13-8-12(10-6-7-10)18-15(17-2)20-13/h3-5,8,10H,6-7H2,1-2H3,(H2,17,18,19,20). The van der Waals surface area contributed by atoms with E-state index in [0.29, 0.717) is 16.9 Å². The van der Waals surface area contributed by atoms with E-state index in [-0.39, 0.29) is 0 Å². The first-order chi connectivity index (χ1) is 9.67. The lowest BCUT2D eigenvalue weighted by atomic mass is 10.2. The number of halogens is 1. The Labute approximate surface area is 123 Å². The highest BCUT2D eigenvalue weighted by Crippen LogP contribution is 2.40. The van der Waals surface area contributed by atoms with Gasteiger partial charge in [-0.1, -0.05) is 23.7 Å². The summed E-state index contributed by atoms with van der Waals surface area (Å²) in [5.74, 6) is 2.00. The van der Waals surface area contributed by atoms with E-state index in [9.17, 15) is 0 Å². The van der Waals surface area contributed by atoms with Crippen molar-refractivity contribution in [1.29, 1.82) is 0 Å². The first-order valence-corrected chi connectivity index (χ1v) is 7.14. The Kier molecular flexibility index (Phi) is 3.49. The first-order valence-electron chi connectivity index (χ1n) is 6.76. The minimum atomic E-state index is 0.581. The van der Waals surface area contributed by atoms with Crippen LogP contribution in [0.4, 0.5) is 17.5 Å². The number of hydrogen-bond donors (Lipinski definition) is 2. The maximum Gasteiger partial charge on any atom is 0.224 e. The van der Waals surface area contributed by atoms with Gasteiger partial charge in [0.05, 0.1) is 16.4 Å². The molecule has 1 aliphatic carbocycles. The Hall–Kier alpha value is -1.81. The van der Waals surface area contributed by atoms with Crippen molar-refractivity contribution in [1.82, 2.24) is 9.97 Å². The number of benzene rings is 1. The molecule has 0 bridgehead atoms. The van der Waals surface area contributed by atoms with Gasteiger partial charge in [-0.15, -0.1) is 0 Å². The summed E-state index contributed by atoms with van der Waals surface area (Å²) in [4.78, 5) is 8.95. The number of nitrogens with one attached hydrogen (secondary N) is 2. The van der Waals surface area contributed by atoms with E-state index in [1.807, 2.05) is 38.2 Å². The van der Waals surface area contributed by atoms with Crippen LogP contribution >= 0.6 is 11.6 Å². The molecule has 0 amide bonds. The zero-order chi connectivity index (χ0) is 14.1. The summed E-state index contributed by atoms with van der Waals surface area (Å²) in [7, 11) is 1.83. The molecule has 5 heteroatoms. The summed E-state index contributed by atoms with van der Waals surface area (Å²) in [6.07, 6.45) is 2.43. The Morgan fingerprint density at radius 1 is 1.25 bits per heavy atom. The lowest BCUT2D eigenvalue weighted by molar-refractivity contribution is 0.991. The fourth-order valence-electron chi connectivity index (χ4n) is 2.15. The zero-order valence-electron chi connectivity index (χ0n) is 11.6. The molecule has 4 nitrogen and oxygen atoms in total. The molecule has 0 aliphatic heterocycles. The molecule has 1 saturated carbocycles. The van der Waals surface area contributed by atoms with Gasteiger partial charge in [-0.25, -0.2) is 4.98 Å². The highest BCUT2D eigenvalue weighted by Gasteiger charge is 2.26. The summed E-state index contributed by atoms with van der Waals surface area (Å²) in [6.45, 7) is 2.02. The van der Waals surface area contributed by atoms with Crippen LogP contribution in [0.1, 0.15) is 30.0 Å². The third-order valence-corrected chi connectivity index (χ3v) is 3.76. The van der Waals surface area contributed by atoms with Crippen LogP contribution in [0.3, 0.4) is 0 Å². The van der Waals surface area contributed by atoms with Crippen molar-refractivity contribution in [2.75, 3.05) is 17.7 Å². The van der Waals surface area contributed by atoms with Crippen molar-refractivity contribution in [3.8, 4) is 0 Å². The molecule has 3 rings (SSSR count). The number of nitrogens with zero attached hydrogens (tertiary/aromatic N) is 2. The molecule has 0 saturated heterocycles. The van der Waals surface area contributed by atoms with Gasteiger partial charge in [0.2, 0.25) is 5.95 Å². The van der Waals surface area contributed by atoms with Gasteiger partial charge in [-0.3, -0.25) is 0 Å². The maximum absolute atomic E-state index is 6.25. The lowest BCUT2D eigenvalue weighted by Gasteiger charge is -2.12. The largest absolute Gasteiger partial charge is 0.357 e. The van der Waals surface area contributed by atoms with Gasteiger partial charge in [-0.05, 0) is 31.4 Å². The van der Waals surface area contributed by atoms with E-state index < -0.39 is 0 Å². The van der Waals surface area contributed by atoms with Crippen molar-refractivity contribution in [2.45, 2.75) is 25.7 Å². The van der Waals surface area contributed by atoms with E-state index >= 15 is 0 Å². The minimum absolute atomic E-state index is 0.581. The van der Waals surface area contributed by atoms with Crippen molar-refractivity contribution in [3.63, 3.8) is 0 Å². The van der Waals surface area contributed by atoms with Gasteiger partial charge in [0.1, 0.15) is 5.82 Å². The summed E-state index contributed by atoms with van der Waals surface area (Å²) in [6, 6.07) is 7.85. The quantitative estimate of drug-likeness (QED) is 0.889. The zero-order valence-corrected chi connectivity index (χ0v) is 12.3. The highest BCUT2D eigenvalue weighted by molar-refractivity contribution is 6.33. The fraction of sp³-hybridized carbons (Fsp3) is 0.333. The van der Waals surface area contributed by atoms with Crippen molar-refractivity contribution in [2.24, 2.45) is 0 Å². The van der Waals surface area contributed by atoms with E-state index in [1.165, 1.54) is 12.8 Å². The van der Waals surface area contributed by atoms with Crippen LogP contribution in [0, 0.1) is 6.92 Å². The molecule has 1 aromatic heterocycles. The molecule has 1 aromatic carbocycles. The molecular formula is C15H17ClN4. The molecule has 0 spiro atoms.